The number of piperidine rings is 1. The molecular weight excluding hydrogens is 188 g/mol. The Kier molecular flexibility index (Phi) is 2.62. The number of carbonyl (C=O) groups is 1. The third kappa shape index (κ3) is 1.96. The first-order valence-electron chi connectivity index (χ1n) is 5.35. The molecule has 0 saturated carbocycles. The second-order valence-electron chi connectivity index (χ2n) is 4.04. The molecule has 0 radical (unpaired) electrons. The van der Waals surface area contributed by atoms with Crippen molar-refractivity contribution in [3.05, 3.63) is 23.8 Å². The summed E-state index contributed by atoms with van der Waals surface area (Å²) < 4.78 is 0. The zero-order valence-corrected chi connectivity index (χ0v) is 8.99. The van der Waals surface area contributed by atoms with E-state index in [1.54, 1.807) is 0 Å². The highest BCUT2D eigenvalue weighted by Gasteiger charge is 2.19. The highest BCUT2D eigenvalue weighted by atomic mass is 16.2. The topological polar surface area (TPSA) is 46.3 Å². The summed E-state index contributed by atoms with van der Waals surface area (Å²) in [6.45, 7) is 2.79. The second kappa shape index (κ2) is 3.93. The summed E-state index contributed by atoms with van der Waals surface area (Å²) >= 11 is 0. The standard InChI is InChI=1S/C12H16N2O/c1-9-5-6-10(8-11(9)13)14-7-3-2-4-12(14)15/h5-6,8H,2-4,7,13H2,1H3. The van der Waals surface area contributed by atoms with Crippen molar-refractivity contribution >= 4 is 17.3 Å². The molecular formula is C12H16N2O. The molecule has 3 nitrogen and oxygen atoms in total. The number of nitrogen functional groups attached to an aromatic ring is 1. The highest BCUT2D eigenvalue weighted by Crippen LogP contribution is 2.24. The van der Waals surface area contributed by atoms with E-state index < -0.39 is 0 Å². The van der Waals surface area contributed by atoms with Crippen molar-refractivity contribution in [2.24, 2.45) is 0 Å². The molecule has 1 aliphatic rings. The fourth-order valence-electron chi connectivity index (χ4n) is 1.87. The zero-order valence-electron chi connectivity index (χ0n) is 8.99. The van der Waals surface area contributed by atoms with Crippen molar-refractivity contribution in [1.29, 1.82) is 0 Å². The Labute approximate surface area is 89.9 Å². The minimum atomic E-state index is 0.213. The maximum atomic E-state index is 11.7. The van der Waals surface area contributed by atoms with Crippen LogP contribution in [0.3, 0.4) is 0 Å². The first-order chi connectivity index (χ1) is 7.18. The quantitative estimate of drug-likeness (QED) is 0.712. The van der Waals surface area contributed by atoms with Crippen molar-refractivity contribution in [2.75, 3.05) is 17.2 Å². The van der Waals surface area contributed by atoms with Crippen LogP contribution in [-0.4, -0.2) is 12.5 Å². The predicted octanol–water partition coefficient (Wildman–Crippen LogP) is 2.09. The summed E-state index contributed by atoms with van der Waals surface area (Å²) in [6.07, 6.45) is 2.75. The minimum Gasteiger partial charge on any atom is -0.398 e. The molecule has 0 bridgehead atoms. The van der Waals surface area contributed by atoms with Gasteiger partial charge in [-0.05, 0) is 37.5 Å². The normalized spacial score (nSPS) is 16.9. The molecule has 80 valence electrons. The number of hydrogen-bond donors (Lipinski definition) is 1. The van der Waals surface area contributed by atoms with Gasteiger partial charge >= 0.3 is 0 Å². The van der Waals surface area contributed by atoms with Crippen molar-refractivity contribution < 1.29 is 4.79 Å². The number of anilines is 2. The fourth-order valence-corrected chi connectivity index (χ4v) is 1.87. The third-order valence-electron chi connectivity index (χ3n) is 2.90. The van der Waals surface area contributed by atoms with Crippen LogP contribution in [0.1, 0.15) is 24.8 Å². The molecule has 1 fully saturated rings. The second-order valence-corrected chi connectivity index (χ2v) is 4.04. The van der Waals surface area contributed by atoms with Gasteiger partial charge in [-0.15, -0.1) is 0 Å². The van der Waals surface area contributed by atoms with Crippen LogP contribution in [-0.2, 0) is 4.79 Å². The highest BCUT2D eigenvalue weighted by molar-refractivity contribution is 5.94. The van der Waals surface area contributed by atoms with Crippen molar-refractivity contribution in [1.82, 2.24) is 0 Å². The van der Waals surface area contributed by atoms with E-state index in [4.69, 9.17) is 5.73 Å². The van der Waals surface area contributed by atoms with E-state index in [1.165, 1.54) is 0 Å². The largest absolute Gasteiger partial charge is 0.398 e. The first-order valence-corrected chi connectivity index (χ1v) is 5.35. The molecule has 15 heavy (non-hydrogen) atoms. The van der Waals surface area contributed by atoms with Crippen molar-refractivity contribution in [3.8, 4) is 0 Å². The molecule has 3 heteroatoms. The number of benzene rings is 1. The van der Waals surface area contributed by atoms with E-state index in [-0.39, 0.29) is 5.91 Å². The summed E-state index contributed by atoms with van der Waals surface area (Å²) in [5.74, 6) is 0.213. The van der Waals surface area contributed by atoms with Gasteiger partial charge in [-0.3, -0.25) is 4.79 Å². The molecule has 1 aromatic carbocycles. The van der Waals surface area contributed by atoms with Crippen LogP contribution >= 0.6 is 0 Å². The predicted molar refractivity (Wildman–Crippen MR) is 61.8 cm³/mol. The number of nitrogens with two attached hydrogens (primary N) is 1. The van der Waals surface area contributed by atoms with Crippen molar-refractivity contribution in [2.45, 2.75) is 26.2 Å². The van der Waals surface area contributed by atoms with E-state index in [0.717, 1.165) is 36.3 Å². The molecule has 1 saturated heterocycles. The van der Waals surface area contributed by atoms with E-state index in [2.05, 4.69) is 0 Å². The minimum absolute atomic E-state index is 0.213. The zero-order chi connectivity index (χ0) is 10.8. The lowest BCUT2D eigenvalue weighted by molar-refractivity contribution is -0.119. The Morgan fingerprint density at radius 1 is 1.33 bits per heavy atom. The van der Waals surface area contributed by atoms with Gasteiger partial charge in [-0.1, -0.05) is 6.07 Å². The Morgan fingerprint density at radius 3 is 2.80 bits per heavy atom. The van der Waals surface area contributed by atoms with Crippen LogP contribution < -0.4 is 10.6 Å². The Balaban J connectivity index is 2.28. The fraction of sp³-hybridized carbons (Fsp3) is 0.417. The number of nitrogens with zero attached hydrogens (tertiary/aromatic N) is 1. The molecule has 2 rings (SSSR count). The lowest BCUT2D eigenvalue weighted by atomic mass is 10.1. The van der Waals surface area contributed by atoms with Gasteiger partial charge in [0.1, 0.15) is 0 Å². The molecule has 1 amide bonds. The van der Waals surface area contributed by atoms with Gasteiger partial charge in [0.15, 0.2) is 0 Å². The number of carbonyl (C=O) groups excluding carboxylic acids is 1. The molecule has 2 N–H and O–H groups in total. The molecule has 1 aromatic rings. The van der Waals surface area contributed by atoms with Crippen LogP contribution in [0.5, 0.6) is 0 Å². The van der Waals surface area contributed by atoms with E-state index >= 15 is 0 Å². The summed E-state index contributed by atoms with van der Waals surface area (Å²) in [5, 5.41) is 0. The van der Waals surface area contributed by atoms with Crippen LogP contribution in [0.2, 0.25) is 0 Å². The van der Waals surface area contributed by atoms with Gasteiger partial charge in [-0.2, -0.15) is 0 Å². The Hall–Kier alpha value is -1.51. The van der Waals surface area contributed by atoms with Crippen LogP contribution in [0.4, 0.5) is 11.4 Å². The molecule has 0 aromatic heterocycles. The Bertz CT molecular complexity index is 387. The maximum Gasteiger partial charge on any atom is 0.226 e. The van der Waals surface area contributed by atoms with E-state index in [9.17, 15) is 4.79 Å². The molecule has 0 spiro atoms. The van der Waals surface area contributed by atoms with E-state index in [0.29, 0.717) is 6.42 Å². The summed E-state index contributed by atoms with van der Waals surface area (Å²) in [6, 6.07) is 5.82. The lowest BCUT2D eigenvalue weighted by Crippen LogP contribution is -2.35. The number of aryl methyl sites for hydroxylation is 1. The number of hydrogen-bond acceptors (Lipinski definition) is 2. The monoisotopic (exact) mass is 204 g/mol. The molecule has 0 unspecified atom stereocenters. The van der Waals surface area contributed by atoms with Crippen molar-refractivity contribution in [3.63, 3.8) is 0 Å². The molecule has 1 heterocycles. The van der Waals surface area contributed by atoms with Gasteiger partial charge in [0.2, 0.25) is 5.91 Å². The van der Waals surface area contributed by atoms with Gasteiger partial charge in [0.25, 0.3) is 0 Å². The van der Waals surface area contributed by atoms with Gasteiger partial charge in [0, 0.05) is 24.3 Å². The summed E-state index contributed by atoms with van der Waals surface area (Å²) in [5.41, 5.74) is 8.58. The summed E-state index contributed by atoms with van der Waals surface area (Å²) in [4.78, 5) is 13.5. The molecule has 0 atom stereocenters. The van der Waals surface area contributed by atoms with Crippen LogP contribution in [0.25, 0.3) is 0 Å². The average molecular weight is 204 g/mol. The lowest BCUT2D eigenvalue weighted by Gasteiger charge is -2.27. The van der Waals surface area contributed by atoms with Gasteiger partial charge < -0.3 is 10.6 Å². The van der Waals surface area contributed by atoms with Gasteiger partial charge in [0.05, 0.1) is 0 Å². The molecule has 0 aliphatic carbocycles. The number of rotatable bonds is 1. The first kappa shape index (κ1) is 10.0. The Morgan fingerprint density at radius 2 is 2.13 bits per heavy atom. The van der Waals surface area contributed by atoms with Crippen LogP contribution in [0.15, 0.2) is 18.2 Å². The smallest absolute Gasteiger partial charge is 0.226 e. The summed E-state index contributed by atoms with van der Waals surface area (Å²) in [7, 11) is 0. The SMILES string of the molecule is Cc1ccc(N2CCCCC2=O)cc1N. The van der Waals surface area contributed by atoms with Gasteiger partial charge in [-0.25, -0.2) is 0 Å². The average Bonchev–Trinajstić information content (AvgIpc) is 2.23. The van der Waals surface area contributed by atoms with Crippen LogP contribution in [0, 0.1) is 6.92 Å². The third-order valence-corrected chi connectivity index (χ3v) is 2.90. The van der Waals surface area contributed by atoms with E-state index in [1.807, 2.05) is 30.0 Å². The maximum absolute atomic E-state index is 11.7. The number of amides is 1. The molecule has 1 aliphatic heterocycles.